The second kappa shape index (κ2) is 6.90. The summed E-state index contributed by atoms with van der Waals surface area (Å²) < 4.78 is 19.5. The zero-order valence-electron chi connectivity index (χ0n) is 13.4. The fourth-order valence-electron chi connectivity index (χ4n) is 2.56. The van der Waals surface area contributed by atoms with E-state index in [4.69, 9.17) is 16.0 Å². The summed E-state index contributed by atoms with van der Waals surface area (Å²) in [5.41, 5.74) is 1.07. The first-order valence-electron chi connectivity index (χ1n) is 7.76. The Labute approximate surface area is 157 Å². The number of carbonyl (C=O) groups excluding carboxylic acids is 1. The van der Waals surface area contributed by atoms with E-state index in [1.807, 2.05) is 0 Å². The lowest BCUT2D eigenvalue weighted by atomic mass is 10.2. The van der Waals surface area contributed by atoms with E-state index >= 15 is 0 Å². The van der Waals surface area contributed by atoms with Gasteiger partial charge in [-0.15, -0.1) is 0 Å². The van der Waals surface area contributed by atoms with Crippen LogP contribution < -0.4 is 4.90 Å². The molecule has 0 aliphatic rings. The number of thiazole rings is 1. The standard InChI is InChI=1S/C19H12ClFN2O2S/c20-13-4-1-3-12(9-13)18(24)23(11-15-5-2-8-25-15)19-22-16-7-6-14(21)10-17(16)26-19/h1-10H,11H2. The third kappa shape index (κ3) is 3.34. The summed E-state index contributed by atoms with van der Waals surface area (Å²) in [5.74, 6) is 0.0145. The molecule has 130 valence electrons. The van der Waals surface area contributed by atoms with Crippen molar-refractivity contribution in [1.29, 1.82) is 0 Å². The molecule has 0 saturated heterocycles. The Hall–Kier alpha value is -2.70. The maximum Gasteiger partial charge on any atom is 0.260 e. The number of furan rings is 1. The molecule has 0 fully saturated rings. The van der Waals surface area contributed by atoms with Crippen LogP contribution in [-0.2, 0) is 6.54 Å². The molecule has 0 N–H and O–H groups in total. The normalized spacial score (nSPS) is 11.0. The number of amides is 1. The monoisotopic (exact) mass is 386 g/mol. The molecule has 0 aliphatic heterocycles. The Kier molecular flexibility index (Phi) is 4.44. The lowest BCUT2D eigenvalue weighted by Crippen LogP contribution is -2.30. The molecule has 26 heavy (non-hydrogen) atoms. The summed E-state index contributed by atoms with van der Waals surface area (Å²) in [5, 5.41) is 0.937. The molecule has 4 aromatic rings. The first-order valence-corrected chi connectivity index (χ1v) is 8.95. The summed E-state index contributed by atoms with van der Waals surface area (Å²) in [6, 6.07) is 14.6. The topological polar surface area (TPSA) is 46.3 Å². The highest BCUT2D eigenvalue weighted by Gasteiger charge is 2.23. The zero-order chi connectivity index (χ0) is 18.1. The third-order valence-corrected chi connectivity index (χ3v) is 5.06. The van der Waals surface area contributed by atoms with Gasteiger partial charge in [-0.25, -0.2) is 9.37 Å². The van der Waals surface area contributed by atoms with E-state index in [0.717, 1.165) is 0 Å². The second-order valence-corrected chi connectivity index (χ2v) is 7.04. The predicted octanol–water partition coefficient (Wildman–Crippen LogP) is 5.53. The van der Waals surface area contributed by atoms with Crippen LogP contribution in [0.4, 0.5) is 9.52 Å². The van der Waals surface area contributed by atoms with Gasteiger partial charge in [0.1, 0.15) is 11.6 Å². The smallest absolute Gasteiger partial charge is 0.260 e. The van der Waals surface area contributed by atoms with Gasteiger partial charge in [-0.1, -0.05) is 29.0 Å². The van der Waals surface area contributed by atoms with Crippen molar-refractivity contribution in [3.8, 4) is 0 Å². The summed E-state index contributed by atoms with van der Waals surface area (Å²) in [7, 11) is 0. The largest absolute Gasteiger partial charge is 0.467 e. The SMILES string of the molecule is O=C(c1cccc(Cl)c1)N(Cc1ccco1)c1nc2ccc(F)cc2s1. The average Bonchev–Trinajstić information content (AvgIpc) is 3.28. The molecule has 2 aromatic heterocycles. The van der Waals surface area contributed by atoms with Crippen molar-refractivity contribution in [3.05, 3.63) is 83.0 Å². The Balaban J connectivity index is 1.77. The molecule has 0 saturated carbocycles. The zero-order valence-corrected chi connectivity index (χ0v) is 14.9. The maximum absolute atomic E-state index is 13.5. The van der Waals surface area contributed by atoms with Gasteiger partial charge in [0, 0.05) is 10.6 Å². The summed E-state index contributed by atoms with van der Waals surface area (Å²) in [6.07, 6.45) is 1.55. The molecule has 2 aromatic carbocycles. The van der Waals surface area contributed by atoms with Crippen molar-refractivity contribution < 1.29 is 13.6 Å². The second-order valence-electron chi connectivity index (χ2n) is 5.59. The highest BCUT2D eigenvalue weighted by molar-refractivity contribution is 7.22. The van der Waals surface area contributed by atoms with E-state index in [-0.39, 0.29) is 18.3 Å². The van der Waals surface area contributed by atoms with Crippen LogP contribution in [0.3, 0.4) is 0 Å². The van der Waals surface area contributed by atoms with Gasteiger partial charge < -0.3 is 4.42 Å². The van der Waals surface area contributed by atoms with Crippen LogP contribution in [0.1, 0.15) is 16.1 Å². The van der Waals surface area contributed by atoms with Crippen molar-refractivity contribution in [2.24, 2.45) is 0 Å². The van der Waals surface area contributed by atoms with Gasteiger partial charge in [0.05, 0.1) is 23.0 Å². The highest BCUT2D eigenvalue weighted by atomic mass is 35.5. The highest BCUT2D eigenvalue weighted by Crippen LogP contribution is 2.31. The fourth-order valence-corrected chi connectivity index (χ4v) is 3.74. The molecule has 0 bridgehead atoms. The van der Waals surface area contributed by atoms with E-state index in [1.54, 1.807) is 48.7 Å². The number of anilines is 1. The predicted molar refractivity (Wildman–Crippen MR) is 100 cm³/mol. The lowest BCUT2D eigenvalue weighted by Gasteiger charge is -2.18. The van der Waals surface area contributed by atoms with Crippen LogP contribution in [-0.4, -0.2) is 10.9 Å². The molecular weight excluding hydrogens is 375 g/mol. The first kappa shape index (κ1) is 16.8. The molecule has 0 aliphatic carbocycles. The van der Waals surface area contributed by atoms with Gasteiger partial charge in [-0.3, -0.25) is 9.69 Å². The number of hydrogen-bond acceptors (Lipinski definition) is 4. The van der Waals surface area contributed by atoms with Crippen molar-refractivity contribution in [2.75, 3.05) is 4.90 Å². The molecule has 2 heterocycles. The van der Waals surface area contributed by atoms with Crippen molar-refractivity contribution in [1.82, 2.24) is 4.98 Å². The number of benzene rings is 2. The van der Waals surface area contributed by atoms with Crippen LogP contribution >= 0.6 is 22.9 Å². The minimum Gasteiger partial charge on any atom is -0.467 e. The van der Waals surface area contributed by atoms with Gasteiger partial charge >= 0.3 is 0 Å². The maximum atomic E-state index is 13.5. The van der Waals surface area contributed by atoms with E-state index in [2.05, 4.69) is 4.98 Å². The minimum atomic E-state index is -0.341. The van der Waals surface area contributed by atoms with Gasteiger partial charge in [-0.05, 0) is 48.5 Å². The fraction of sp³-hybridized carbons (Fsp3) is 0.0526. The van der Waals surface area contributed by atoms with Crippen LogP contribution in [0, 0.1) is 5.82 Å². The number of aromatic nitrogens is 1. The lowest BCUT2D eigenvalue weighted by molar-refractivity contribution is 0.0983. The quantitative estimate of drug-likeness (QED) is 0.463. The molecule has 0 spiro atoms. The summed E-state index contributed by atoms with van der Waals surface area (Å²) in [4.78, 5) is 19.1. The van der Waals surface area contributed by atoms with Gasteiger partial charge in [0.2, 0.25) is 0 Å². The summed E-state index contributed by atoms with van der Waals surface area (Å²) in [6.45, 7) is 0.209. The Morgan fingerprint density at radius 2 is 2.08 bits per heavy atom. The Morgan fingerprint density at radius 3 is 2.85 bits per heavy atom. The number of hydrogen-bond donors (Lipinski definition) is 0. The van der Waals surface area contributed by atoms with Crippen LogP contribution in [0.5, 0.6) is 0 Å². The first-order chi connectivity index (χ1) is 12.6. The average molecular weight is 387 g/mol. The van der Waals surface area contributed by atoms with Crippen LogP contribution in [0.2, 0.25) is 5.02 Å². The molecule has 0 atom stereocenters. The van der Waals surface area contributed by atoms with E-state index < -0.39 is 0 Å². The van der Waals surface area contributed by atoms with E-state index in [1.165, 1.54) is 28.4 Å². The number of fused-ring (bicyclic) bond motifs is 1. The van der Waals surface area contributed by atoms with Crippen molar-refractivity contribution in [3.63, 3.8) is 0 Å². The Bertz CT molecular complexity index is 1080. The third-order valence-electron chi connectivity index (χ3n) is 3.78. The van der Waals surface area contributed by atoms with Gasteiger partial charge in [0.15, 0.2) is 5.13 Å². The number of carbonyl (C=O) groups is 1. The van der Waals surface area contributed by atoms with Gasteiger partial charge in [0.25, 0.3) is 5.91 Å². The van der Waals surface area contributed by atoms with Crippen LogP contribution in [0.25, 0.3) is 10.2 Å². The number of halogens is 2. The Morgan fingerprint density at radius 1 is 1.19 bits per heavy atom. The molecule has 7 heteroatoms. The molecule has 0 unspecified atom stereocenters. The molecular formula is C19H12ClFN2O2S. The van der Waals surface area contributed by atoms with Gasteiger partial charge in [-0.2, -0.15) is 0 Å². The van der Waals surface area contributed by atoms with E-state index in [9.17, 15) is 9.18 Å². The number of rotatable bonds is 4. The van der Waals surface area contributed by atoms with Crippen LogP contribution in [0.15, 0.2) is 65.3 Å². The molecule has 4 nitrogen and oxygen atoms in total. The molecule has 1 amide bonds. The van der Waals surface area contributed by atoms with E-state index in [0.29, 0.717) is 31.7 Å². The minimum absolute atomic E-state index is 0.209. The van der Waals surface area contributed by atoms with Crippen molar-refractivity contribution >= 4 is 44.2 Å². The molecule has 0 radical (unpaired) electrons. The molecule has 4 rings (SSSR count). The summed E-state index contributed by atoms with van der Waals surface area (Å²) >= 11 is 7.27. The number of nitrogens with zero attached hydrogens (tertiary/aromatic N) is 2. The van der Waals surface area contributed by atoms with Crippen molar-refractivity contribution in [2.45, 2.75) is 6.54 Å².